The number of rotatable bonds is 3. The monoisotopic (exact) mass is 211 g/mol. The van der Waals surface area contributed by atoms with Crippen molar-refractivity contribution in [1.29, 1.82) is 0 Å². The summed E-state index contributed by atoms with van der Waals surface area (Å²) in [4.78, 5) is 11.0. The lowest BCUT2D eigenvalue weighted by Crippen LogP contribution is -2.28. The Bertz CT molecular complexity index is 387. The third kappa shape index (κ3) is 2.02. The van der Waals surface area contributed by atoms with Gasteiger partial charge in [-0.3, -0.25) is 15.5 Å². The summed E-state index contributed by atoms with van der Waals surface area (Å²) in [6.45, 7) is 3.09. The number of anilines is 1. The summed E-state index contributed by atoms with van der Waals surface area (Å²) in [6.07, 6.45) is 0. The molecule has 0 aliphatic rings. The second kappa shape index (κ2) is 3.78. The molecule has 0 aromatic heterocycles. The maximum absolute atomic E-state index is 11.0. The average Bonchev–Trinajstić information content (AvgIpc) is 2.18. The summed E-state index contributed by atoms with van der Waals surface area (Å²) in [5, 5.41) is 26.9. The van der Waals surface area contributed by atoms with Crippen LogP contribution in [0.4, 0.5) is 5.69 Å². The van der Waals surface area contributed by atoms with E-state index in [4.69, 9.17) is 10.3 Å². The van der Waals surface area contributed by atoms with Crippen LogP contribution < -0.4 is 5.48 Å². The maximum Gasteiger partial charge on any atom is 0.313 e. The van der Waals surface area contributed by atoms with E-state index in [0.717, 1.165) is 0 Å². The summed E-state index contributed by atoms with van der Waals surface area (Å²) in [7, 11) is 0. The van der Waals surface area contributed by atoms with Gasteiger partial charge in [0, 0.05) is 0 Å². The fraction of sp³-hybridized carbons (Fsp3) is 0.300. The predicted molar refractivity (Wildman–Crippen MR) is 54.2 cm³/mol. The molecule has 5 nitrogen and oxygen atoms in total. The Morgan fingerprint density at radius 2 is 2.00 bits per heavy atom. The number of hydrogen-bond acceptors (Lipinski definition) is 4. The molecule has 0 bridgehead atoms. The summed E-state index contributed by atoms with van der Waals surface area (Å²) >= 11 is 0. The molecule has 5 heteroatoms. The van der Waals surface area contributed by atoms with Crippen molar-refractivity contribution in [2.45, 2.75) is 19.3 Å². The third-order valence-electron chi connectivity index (χ3n) is 2.37. The number of carboxylic acids is 1. The molecule has 4 N–H and O–H groups in total. The largest absolute Gasteiger partial charge is 0.506 e. The molecule has 0 heterocycles. The standard InChI is InChI=1S/C10H13NO4/c1-10(2,9(13)14)6-3-4-8(12)7(5-6)11-15/h3-5,11-12,15H,1-2H3,(H,13,14). The Balaban J connectivity index is 3.22. The van der Waals surface area contributed by atoms with Crippen LogP contribution in [0.25, 0.3) is 0 Å². The molecule has 1 rings (SSSR count). The number of carboxylic acid groups (broad SMARTS) is 1. The van der Waals surface area contributed by atoms with Crippen molar-refractivity contribution in [3.05, 3.63) is 23.8 Å². The number of hydrogen-bond donors (Lipinski definition) is 4. The minimum Gasteiger partial charge on any atom is -0.506 e. The Morgan fingerprint density at radius 3 is 2.47 bits per heavy atom. The maximum atomic E-state index is 11.0. The van der Waals surface area contributed by atoms with Crippen LogP contribution in [0.3, 0.4) is 0 Å². The third-order valence-corrected chi connectivity index (χ3v) is 2.37. The van der Waals surface area contributed by atoms with Crippen LogP contribution in [0.5, 0.6) is 5.75 Å². The van der Waals surface area contributed by atoms with Crippen molar-refractivity contribution < 1.29 is 20.2 Å². The van der Waals surface area contributed by atoms with Gasteiger partial charge in [-0.05, 0) is 31.5 Å². The van der Waals surface area contributed by atoms with E-state index in [-0.39, 0.29) is 11.4 Å². The molecular formula is C10H13NO4. The summed E-state index contributed by atoms with van der Waals surface area (Å²) in [5.74, 6) is -1.11. The van der Waals surface area contributed by atoms with Gasteiger partial charge in [-0.2, -0.15) is 0 Å². The lowest BCUT2D eigenvalue weighted by Gasteiger charge is -2.20. The van der Waals surface area contributed by atoms with Gasteiger partial charge in [0.25, 0.3) is 0 Å². The van der Waals surface area contributed by atoms with Gasteiger partial charge in [-0.1, -0.05) is 6.07 Å². The van der Waals surface area contributed by atoms with Crippen LogP contribution in [-0.2, 0) is 10.2 Å². The van der Waals surface area contributed by atoms with E-state index in [0.29, 0.717) is 5.56 Å². The number of phenolic OH excluding ortho intramolecular Hbond substituents is 1. The number of carbonyl (C=O) groups is 1. The molecule has 15 heavy (non-hydrogen) atoms. The Morgan fingerprint density at radius 1 is 1.40 bits per heavy atom. The average molecular weight is 211 g/mol. The summed E-state index contributed by atoms with van der Waals surface area (Å²) < 4.78 is 0. The normalized spacial score (nSPS) is 11.1. The lowest BCUT2D eigenvalue weighted by atomic mass is 9.84. The van der Waals surface area contributed by atoms with Gasteiger partial charge >= 0.3 is 5.97 Å². The van der Waals surface area contributed by atoms with Gasteiger partial charge in [0.1, 0.15) is 11.4 Å². The molecule has 1 aromatic carbocycles. The fourth-order valence-corrected chi connectivity index (χ4v) is 1.14. The first-order valence-corrected chi connectivity index (χ1v) is 4.36. The highest BCUT2D eigenvalue weighted by Crippen LogP contribution is 2.30. The van der Waals surface area contributed by atoms with E-state index in [1.165, 1.54) is 18.2 Å². The number of aromatic hydroxyl groups is 1. The Labute approximate surface area is 86.9 Å². The Kier molecular flexibility index (Phi) is 2.85. The summed E-state index contributed by atoms with van der Waals surface area (Å²) in [6, 6.07) is 4.23. The summed E-state index contributed by atoms with van der Waals surface area (Å²) in [5.41, 5.74) is 1.31. The Hall–Kier alpha value is -1.75. The van der Waals surface area contributed by atoms with Crippen molar-refractivity contribution >= 4 is 11.7 Å². The first-order valence-electron chi connectivity index (χ1n) is 4.36. The minimum absolute atomic E-state index is 0.0850. The zero-order valence-corrected chi connectivity index (χ0v) is 8.48. The molecule has 82 valence electrons. The van der Waals surface area contributed by atoms with Crippen molar-refractivity contribution in [3.63, 3.8) is 0 Å². The quantitative estimate of drug-likeness (QED) is 0.450. The van der Waals surface area contributed by atoms with E-state index in [1.807, 2.05) is 0 Å². The molecular weight excluding hydrogens is 198 g/mol. The molecule has 0 spiro atoms. The first-order chi connectivity index (χ1) is 6.89. The van der Waals surface area contributed by atoms with Crippen molar-refractivity contribution in [2.24, 2.45) is 0 Å². The van der Waals surface area contributed by atoms with Gasteiger partial charge in [-0.25, -0.2) is 0 Å². The molecule has 0 saturated carbocycles. The molecule has 0 unspecified atom stereocenters. The molecule has 0 aliphatic heterocycles. The van der Waals surface area contributed by atoms with Crippen LogP contribution in [0.15, 0.2) is 18.2 Å². The van der Waals surface area contributed by atoms with Crippen LogP contribution >= 0.6 is 0 Å². The fourth-order valence-electron chi connectivity index (χ4n) is 1.14. The molecule has 0 atom stereocenters. The van der Waals surface area contributed by atoms with Crippen LogP contribution in [0.1, 0.15) is 19.4 Å². The molecule has 0 aliphatic carbocycles. The topological polar surface area (TPSA) is 89.8 Å². The highest BCUT2D eigenvalue weighted by molar-refractivity contribution is 5.81. The smallest absolute Gasteiger partial charge is 0.313 e. The van der Waals surface area contributed by atoms with E-state index < -0.39 is 11.4 Å². The van der Waals surface area contributed by atoms with Crippen molar-refractivity contribution in [2.75, 3.05) is 5.48 Å². The number of benzene rings is 1. The molecule has 1 aromatic rings. The van der Waals surface area contributed by atoms with Crippen LogP contribution in [-0.4, -0.2) is 21.4 Å². The molecule has 0 amide bonds. The first kappa shape index (κ1) is 11.3. The predicted octanol–water partition coefficient (Wildman–Crippen LogP) is 1.56. The van der Waals surface area contributed by atoms with E-state index >= 15 is 0 Å². The van der Waals surface area contributed by atoms with Gasteiger partial charge in [0.15, 0.2) is 0 Å². The minimum atomic E-state index is -1.07. The van der Waals surface area contributed by atoms with Crippen LogP contribution in [0.2, 0.25) is 0 Å². The van der Waals surface area contributed by atoms with E-state index in [2.05, 4.69) is 0 Å². The number of phenols is 1. The number of aliphatic carboxylic acids is 1. The highest BCUT2D eigenvalue weighted by atomic mass is 16.5. The highest BCUT2D eigenvalue weighted by Gasteiger charge is 2.29. The molecule has 0 radical (unpaired) electrons. The molecule has 0 saturated heterocycles. The van der Waals surface area contributed by atoms with Crippen LogP contribution in [0, 0.1) is 0 Å². The van der Waals surface area contributed by atoms with Gasteiger partial charge in [0.05, 0.1) is 5.41 Å². The zero-order chi connectivity index (χ0) is 11.6. The van der Waals surface area contributed by atoms with Crippen molar-refractivity contribution in [3.8, 4) is 5.75 Å². The van der Waals surface area contributed by atoms with Crippen molar-refractivity contribution in [1.82, 2.24) is 0 Å². The van der Waals surface area contributed by atoms with Gasteiger partial charge < -0.3 is 10.2 Å². The van der Waals surface area contributed by atoms with E-state index in [9.17, 15) is 9.90 Å². The second-order valence-corrected chi connectivity index (χ2v) is 3.77. The number of nitrogens with one attached hydrogen (secondary N) is 1. The lowest BCUT2D eigenvalue weighted by molar-refractivity contribution is -0.142. The zero-order valence-electron chi connectivity index (χ0n) is 8.48. The van der Waals surface area contributed by atoms with Gasteiger partial charge in [-0.15, -0.1) is 0 Å². The second-order valence-electron chi connectivity index (χ2n) is 3.77. The van der Waals surface area contributed by atoms with Gasteiger partial charge in [0.2, 0.25) is 0 Å². The SMILES string of the molecule is CC(C)(C(=O)O)c1ccc(O)c(NO)c1. The molecule has 0 fully saturated rings. The van der Waals surface area contributed by atoms with E-state index in [1.54, 1.807) is 19.3 Å².